The monoisotopic (exact) mass is 230 g/mol. The number of hydrogen-bond donors (Lipinski definition) is 2. The van der Waals surface area contributed by atoms with Crippen LogP contribution in [-0.2, 0) is 24.4 Å². The second-order valence-corrected chi connectivity index (χ2v) is 5.24. The van der Waals surface area contributed by atoms with E-state index in [2.05, 4.69) is 35.8 Å². The maximum atomic E-state index is 11.7. The Morgan fingerprint density at radius 1 is 1.41 bits per heavy atom. The fourth-order valence-electron chi connectivity index (χ4n) is 2.47. The van der Waals surface area contributed by atoms with E-state index in [4.69, 9.17) is 0 Å². The number of hydrogen-bond acceptors (Lipinski definition) is 2. The van der Waals surface area contributed by atoms with Crippen molar-refractivity contribution in [2.75, 3.05) is 0 Å². The Kier molecular flexibility index (Phi) is 2.63. The summed E-state index contributed by atoms with van der Waals surface area (Å²) in [6.07, 6.45) is 1.06. The molecule has 1 saturated carbocycles. The number of fused-ring (bicyclic) bond motifs is 1. The zero-order valence-electron chi connectivity index (χ0n) is 10.1. The fourth-order valence-corrected chi connectivity index (χ4v) is 2.47. The second-order valence-electron chi connectivity index (χ2n) is 5.24. The molecule has 0 spiro atoms. The van der Waals surface area contributed by atoms with Crippen molar-refractivity contribution < 1.29 is 4.79 Å². The summed E-state index contributed by atoms with van der Waals surface area (Å²) in [4.78, 5) is 11.7. The summed E-state index contributed by atoms with van der Waals surface area (Å²) in [5.41, 5.74) is 3.96. The van der Waals surface area contributed by atoms with E-state index in [0.29, 0.717) is 12.5 Å². The average molecular weight is 230 g/mol. The predicted molar refractivity (Wildman–Crippen MR) is 66.1 cm³/mol. The van der Waals surface area contributed by atoms with Crippen LogP contribution in [0.15, 0.2) is 18.2 Å². The molecule has 0 aromatic heterocycles. The molecule has 0 radical (unpaired) electrons. The second kappa shape index (κ2) is 4.15. The molecule has 1 aliphatic heterocycles. The van der Waals surface area contributed by atoms with E-state index in [1.165, 1.54) is 16.7 Å². The minimum absolute atomic E-state index is 0.219. The first-order chi connectivity index (χ1) is 8.24. The van der Waals surface area contributed by atoms with E-state index in [9.17, 15) is 4.79 Å². The van der Waals surface area contributed by atoms with Crippen LogP contribution in [0.2, 0.25) is 0 Å². The molecule has 2 N–H and O–H groups in total. The van der Waals surface area contributed by atoms with Gasteiger partial charge in [-0.25, -0.2) is 0 Å². The molecule has 1 fully saturated rings. The number of rotatable bonds is 3. The standard InChI is InChI=1S/C14H18N2O/c1-9-4-13(9)14(17)16-6-10-2-3-11-7-15-8-12(11)5-10/h2-3,5,9,13,15H,4,6-8H2,1H3,(H,16,17). The van der Waals surface area contributed by atoms with E-state index < -0.39 is 0 Å². The van der Waals surface area contributed by atoms with Crippen molar-refractivity contribution in [1.29, 1.82) is 0 Å². The van der Waals surface area contributed by atoms with Gasteiger partial charge in [0.25, 0.3) is 0 Å². The van der Waals surface area contributed by atoms with Crippen LogP contribution in [0.1, 0.15) is 30.0 Å². The van der Waals surface area contributed by atoms with Gasteiger partial charge in [0.05, 0.1) is 0 Å². The number of benzene rings is 1. The summed E-state index contributed by atoms with van der Waals surface area (Å²) in [7, 11) is 0. The predicted octanol–water partition coefficient (Wildman–Crippen LogP) is 1.56. The largest absolute Gasteiger partial charge is 0.352 e. The van der Waals surface area contributed by atoms with Crippen molar-refractivity contribution in [1.82, 2.24) is 10.6 Å². The summed E-state index contributed by atoms with van der Waals surface area (Å²) >= 11 is 0. The lowest BCUT2D eigenvalue weighted by atomic mass is 10.1. The molecule has 3 nitrogen and oxygen atoms in total. The van der Waals surface area contributed by atoms with Gasteiger partial charge in [-0.3, -0.25) is 4.79 Å². The van der Waals surface area contributed by atoms with Crippen LogP contribution < -0.4 is 10.6 Å². The van der Waals surface area contributed by atoms with E-state index in [0.717, 1.165) is 19.5 Å². The molecule has 17 heavy (non-hydrogen) atoms. The molecule has 1 amide bonds. The van der Waals surface area contributed by atoms with Gasteiger partial charge in [0.1, 0.15) is 0 Å². The Labute approximate surface area is 102 Å². The average Bonchev–Trinajstić information content (AvgIpc) is 2.90. The third-order valence-corrected chi connectivity index (χ3v) is 3.81. The molecule has 0 bridgehead atoms. The van der Waals surface area contributed by atoms with Crippen molar-refractivity contribution >= 4 is 5.91 Å². The van der Waals surface area contributed by atoms with E-state index in [1.54, 1.807) is 0 Å². The summed E-state index contributed by atoms with van der Waals surface area (Å²) in [5, 5.41) is 6.35. The topological polar surface area (TPSA) is 41.1 Å². The number of amides is 1. The Balaban J connectivity index is 1.60. The highest BCUT2D eigenvalue weighted by molar-refractivity contribution is 5.81. The lowest BCUT2D eigenvalue weighted by Gasteiger charge is -2.06. The van der Waals surface area contributed by atoms with E-state index >= 15 is 0 Å². The normalized spacial score (nSPS) is 25.5. The number of carbonyl (C=O) groups is 1. The van der Waals surface area contributed by atoms with Gasteiger partial charge in [0, 0.05) is 25.6 Å². The van der Waals surface area contributed by atoms with Crippen molar-refractivity contribution in [3.63, 3.8) is 0 Å². The molecule has 0 saturated heterocycles. The first-order valence-electron chi connectivity index (χ1n) is 6.33. The molecule has 1 aliphatic carbocycles. The Morgan fingerprint density at radius 3 is 2.94 bits per heavy atom. The van der Waals surface area contributed by atoms with Gasteiger partial charge in [-0.15, -0.1) is 0 Å². The molecule has 3 rings (SSSR count). The van der Waals surface area contributed by atoms with Gasteiger partial charge in [0.15, 0.2) is 0 Å². The summed E-state index contributed by atoms with van der Waals surface area (Å²) in [6, 6.07) is 6.48. The van der Waals surface area contributed by atoms with Gasteiger partial charge < -0.3 is 10.6 Å². The minimum atomic E-state index is 0.219. The van der Waals surface area contributed by atoms with Gasteiger partial charge in [0.2, 0.25) is 5.91 Å². The van der Waals surface area contributed by atoms with Crippen LogP contribution in [0.25, 0.3) is 0 Å². The highest BCUT2D eigenvalue weighted by atomic mass is 16.2. The molecule has 90 valence electrons. The summed E-state index contributed by atoms with van der Waals surface area (Å²) < 4.78 is 0. The summed E-state index contributed by atoms with van der Waals surface area (Å²) in [5.74, 6) is 1.07. The first kappa shape index (κ1) is 10.8. The van der Waals surface area contributed by atoms with Gasteiger partial charge in [-0.05, 0) is 29.0 Å². The smallest absolute Gasteiger partial charge is 0.223 e. The van der Waals surface area contributed by atoms with Crippen molar-refractivity contribution in [3.05, 3.63) is 34.9 Å². The molecule has 1 aromatic carbocycles. The van der Waals surface area contributed by atoms with Crippen molar-refractivity contribution in [2.45, 2.75) is 33.0 Å². The number of carbonyl (C=O) groups excluding carboxylic acids is 1. The van der Waals surface area contributed by atoms with E-state index in [1.807, 2.05) is 0 Å². The highest BCUT2D eigenvalue weighted by Crippen LogP contribution is 2.37. The van der Waals surface area contributed by atoms with Crippen molar-refractivity contribution in [3.8, 4) is 0 Å². The lowest BCUT2D eigenvalue weighted by Crippen LogP contribution is -2.24. The van der Waals surface area contributed by atoms with Gasteiger partial charge >= 0.3 is 0 Å². The molecule has 2 aliphatic rings. The molecule has 2 unspecified atom stereocenters. The molecule has 2 atom stereocenters. The molecular formula is C14H18N2O. The quantitative estimate of drug-likeness (QED) is 0.827. The summed E-state index contributed by atoms with van der Waals surface area (Å²) in [6.45, 7) is 4.72. The third-order valence-electron chi connectivity index (χ3n) is 3.81. The highest BCUT2D eigenvalue weighted by Gasteiger charge is 2.38. The first-order valence-corrected chi connectivity index (χ1v) is 6.33. The Hall–Kier alpha value is -1.35. The van der Waals surface area contributed by atoms with Gasteiger partial charge in [-0.1, -0.05) is 25.1 Å². The third kappa shape index (κ3) is 2.20. The van der Waals surface area contributed by atoms with Gasteiger partial charge in [-0.2, -0.15) is 0 Å². The zero-order valence-corrected chi connectivity index (χ0v) is 10.1. The van der Waals surface area contributed by atoms with Crippen LogP contribution in [0.4, 0.5) is 0 Å². The maximum absolute atomic E-state index is 11.7. The molecule has 1 aromatic rings. The van der Waals surface area contributed by atoms with Crippen LogP contribution in [0, 0.1) is 11.8 Å². The zero-order chi connectivity index (χ0) is 11.8. The molecular weight excluding hydrogens is 212 g/mol. The van der Waals surface area contributed by atoms with Crippen LogP contribution in [0.3, 0.4) is 0 Å². The minimum Gasteiger partial charge on any atom is -0.352 e. The Bertz CT molecular complexity index is 456. The lowest BCUT2D eigenvalue weighted by molar-refractivity contribution is -0.122. The molecule has 1 heterocycles. The van der Waals surface area contributed by atoms with E-state index in [-0.39, 0.29) is 11.8 Å². The SMILES string of the molecule is CC1CC1C(=O)NCc1ccc2c(c1)CNC2. The Morgan fingerprint density at radius 2 is 2.18 bits per heavy atom. The number of nitrogens with one attached hydrogen (secondary N) is 2. The van der Waals surface area contributed by atoms with Crippen LogP contribution >= 0.6 is 0 Å². The van der Waals surface area contributed by atoms with Crippen molar-refractivity contribution in [2.24, 2.45) is 11.8 Å². The van der Waals surface area contributed by atoms with Crippen LogP contribution in [0.5, 0.6) is 0 Å². The maximum Gasteiger partial charge on any atom is 0.223 e. The fraction of sp³-hybridized carbons (Fsp3) is 0.500. The molecule has 3 heteroatoms. The van der Waals surface area contributed by atoms with Crippen LogP contribution in [-0.4, -0.2) is 5.91 Å².